The zero-order chi connectivity index (χ0) is 14.5. The molecule has 21 heavy (non-hydrogen) atoms. The third-order valence-electron chi connectivity index (χ3n) is 5.57. The number of aromatic amines is 1. The van der Waals surface area contributed by atoms with E-state index in [1.54, 1.807) is 6.33 Å². The quantitative estimate of drug-likeness (QED) is 0.757. The highest BCUT2D eigenvalue weighted by Crippen LogP contribution is 2.41. The van der Waals surface area contributed by atoms with E-state index >= 15 is 0 Å². The molecule has 0 spiro atoms. The number of aliphatic hydroxyl groups excluding tert-OH is 1. The number of aromatic nitrogens is 2. The van der Waals surface area contributed by atoms with Gasteiger partial charge in [0, 0.05) is 11.9 Å². The van der Waals surface area contributed by atoms with Gasteiger partial charge >= 0.3 is 0 Å². The standard InChI is InChI=1S/C18H30N2O/c21-18(8-4-7-14-5-2-1-3-6-14)17(15-9-10-15)11-16-12-19-13-20-16/h12-15,17-18,21H,1-11H2,(H,19,20)/t17-,18?/m0/s1. The van der Waals surface area contributed by atoms with Crippen LogP contribution in [0, 0.1) is 17.8 Å². The largest absolute Gasteiger partial charge is 0.393 e. The monoisotopic (exact) mass is 290 g/mol. The molecular formula is C18H30N2O. The lowest BCUT2D eigenvalue weighted by Crippen LogP contribution is -2.25. The van der Waals surface area contributed by atoms with Gasteiger partial charge < -0.3 is 10.1 Å². The summed E-state index contributed by atoms with van der Waals surface area (Å²) >= 11 is 0. The van der Waals surface area contributed by atoms with Gasteiger partial charge in [-0.1, -0.05) is 44.9 Å². The second-order valence-electron chi connectivity index (χ2n) is 7.28. The van der Waals surface area contributed by atoms with Gasteiger partial charge in [0.2, 0.25) is 0 Å². The Labute approximate surface area is 128 Å². The van der Waals surface area contributed by atoms with E-state index in [0.717, 1.165) is 24.7 Å². The van der Waals surface area contributed by atoms with Crippen molar-refractivity contribution in [3.8, 4) is 0 Å². The van der Waals surface area contributed by atoms with Crippen LogP contribution in [0.15, 0.2) is 12.5 Å². The van der Waals surface area contributed by atoms with E-state index in [2.05, 4.69) is 9.97 Å². The van der Waals surface area contributed by atoms with Crippen LogP contribution in [0.25, 0.3) is 0 Å². The fraction of sp³-hybridized carbons (Fsp3) is 0.833. The van der Waals surface area contributed by atoms with Crippen LogP contribution in [0.1, 0.15) is 69.9 Å². The van der Waals surface area contributed by atoms with Crippen molar-refractivity contribution in [3.05, 3.63) is 18.2 Å². The maximum Gasteiger partial charge on any atom is 0.0921 e. The van der Waals surface area contributed by atoms with E-state index < -0.39 is 0 Å². The van der Waals surface area contributed by atoms with E-state index in [0.29, 0.717) is 5.92 Å². The summed E-state index contributed by atoms with van der Waals surface area (Å²) in [6.07, 6.45) is 17.8. The fourth-order valence-electron chi connectivity index (χ4n) is 4.10. The first kappa shape index (κ1) is 15.1. The Bertz CT molecular complexity index is 393. The van der Waals surface area contributed by atoms with E-state index in [4.69, 9.17) is 0 Å². The lowest BCUT2D eigenvalue weighted by atomic mass is 9.84. The molecular weight excluding hydrogens is 260 g/mol. The molecule has 2 aliphatic carbocycles. The van der Waals surface area contributed by atoms with E-state index in [1.165, 1.54) is 63.5 Å². The number of aliphatic hydroxyl groups is 1. The molecule has 118 valence electrons. The van der Waals surface area contributed by atoms with Gasteiger partial charge in [-0.25, -0.2) is 4.98 Å². The van der Waals surface area contributed by atoms with E-state index in [1.807, 2.05) is 6.20 Å². The molecule has 2 saturated carbocycles. The van der Waals surface area contributed by atoms with Crippen molar-refractivity contribution in [2.45, 2.75) is 76.7 Å². The Morgan fingerprint density at radius 2 is 2.00 bits per heavy atom. The number of imidazole rings is 1. The van der Waals surface area contributed by atoms with E-state index in [-0.39, 0.29) is 6.10 Å². The van der Waals surface area contributed by atoms with Crippen molar-refractivity contribution in [2.24, 2.45) is 17.8 Å². The molecule has 3 nitrogen and oxygen atoms in total. The highest BCUT2D eigenvalue weighted by Gasteiger charge is 2.35. The Morgan fingerprint density at radius 1 is 1.19 bits per heavy atom. The van der Waals surface area contributed by atoms with Crippen molar-refractivity contribution in [1.29, 1.82) is 0 Å². The van der Waals surface area contributed by atoms with Gasteiger partial charge in [0.05, 0.1) is 12.4 Å². The zero-order valence-electron chi connectivity index (χ0n) is 13.1. The van der Waals surface area contributed by atoms with Crippen LogP contribution >= 0.6 is 0 Å². The molecule has 3 rings (SSSR count). The number of H-pyrrole nitrogens is 1. The normalized spacial score (nSPS) is 23.1. The van der Waals surface area contributed by atoms with Crippen molar-refractivity contribution in [1.82, 2.24) is 9.97 Å². The van der Waals surface area contributed by atoms with E-state index in [9.17, 15) is 5.11 Å². The predicted octanol–water partition coefficient (Wildman–Crippen LogP) is 4.09. The summed E-state index contributed by atoms with van der Waals surface area (Å²) in [7, 11) is 0. The van der Waals surface area contributed by atoms with Gasteiger partial charge in [0.15, 0.2) is 0 Å². The molecule has 3 heteroatoms. The second-order valence-corrected chi connectivity index (χ2v) is 7.28. The van der Waals surface area contributed by atoms with Crippen LogP contribution in [0.3, 0.4) is 0 Å². The molecule has 1 aromatic heterocycles. The average molecular weight is 290 g/mol. The summed E-state index contributed by atoms with van der Waals surface area (Å²) in [6.45, 7) is 0. The van der Waals surface area contributed by atoms with Crippen molar-refractivity contribution < 1.29 is 5.11 Å². The highest BCUT2D eigenvalue weighted by molar-refractivity contribution is 5.00. The van der Waals surface area contributed by atoms with Crippen LogP contribution in [-0.4, -0.2) is 21.2 Å². The second kappa shape index (κ2) is 7.44. The Morgan fingerprint density at radius 3 is 2.67 bits per heavy atom. The van der Waals surface area contributed by atoms with Crippen LogP contribution in [0.5, 0.6) is 0 Å². The maximum absolute atomic E-state index is 10.6. The zero-order valence-corrected chi connectivity index (χ0v) is 13.1. The molecule has 0 aromatic carbocycles. The minimum absolute atomic E-state index is 0.121. The van der Waals surface area contributed by atoms with Gasteiger partial charge in [-0.15, -0.1) is 0 Å². The van der Waals surface area contributed by atoms with Crippen LogP contribution < -0.4 is 0 Å². The molecule has 2 N–H and O–H groups in total. The third-order valence-corrected chi connectivity index (χ3v) is 5.57. The molecule has 1 aromatic rings. The minimum atomic E-state index is -0.121. The smallest absolute Gasteiger partial charge is 0.0921 e. The van der Waals surface area contributed by atoms with Gasteiger partial charge in [-0.05, 0) is 43.4 Å². The molecule has 0 radical (unpaired) electrons. The number of nitrogens with zero attached hydrogens (tertiary/aromatic N) is 1. The first-order valence-corrected chi connectivity index (χ1v) is 8.98. The minimum Gasteiger partial charge on any atom is -0.393 e. The molecule has 0 aliphatic heterocycles. The summed E-state index contributed by atoms with van der Waals surface area (Å²) in [6, 6.07) is 0. The average Bonchev–Trinajstić information content (AvgIpc) is 3.22. The Hall–Kier alpha value is -0.830. The van der Waals surface area contributed by atoms with Gasteiger partial charge in [-0.2, -0.15) is 0 Å². The fourth-order valence-corrected chi connectivity index (χ4v) is 4.10. The molecule has 0 saturated heterocycles. The van der Waals surface area contributed by atoms with Gasteiger partial charge in [0.25, 0.3) is 0 Å². The molecule has 2 fully saturated rings. The number of hydrogen-bond acceptors (Lipinski definition) is 2. The number of rotatable bonds is 8. The summed E-state index contributed by atoms with van der Waals surface area (Å²) in [5, 5.41) is 10.6. The SMILES string of the molecule is OC(CCCC1CCCCC1)[C@@H](Cc1cnc[nH]1)C1CC1. The predicted molar refractivity (Wildman–Crippen MR) is 84.9 cm³/mol. The highest BCUT2D eigenvalue weighted by atomic mass is 16.3. The third kappa shape index (κ3) is 4.57. The first-order chi connectivity index (χ1) is 10.3. The number of hydrogen-bond donors (Lipinski definition) is 2. The number of nitrogens with one attached hydrogen (secondary N) is 1. The summed E-state index contributed by atoms with van der Waals surface area (Å²) < 4.78 is 0. The maximum atomic E-state index is 10.6. The molecule has 1 heterocycles. The van der Waals surface area contributed by atoms with Gasteiger partial charge in [-0.3, -0.25) is 0 Å². The summed E-state index contributed by atoms with van der Waals surface area (Å²) in [5.41, 5.74) is 1.18. The molecule has 1 unspecified atom stereocenters. The van der Waals surface area contributed by atoms with Crippen LogP contribution in [-0.2, 0) is 6.42 Å². The lowest BCUT2D eigenvalue weighted by Gasteiger charge is -2.25. The van der Waals surface area contributed by atoms with Crippen molar-refractivity contribution in [2.75, 3.05) is 0 Å². The van der Waals surface area contributed by atoms with Crippen LogP contribution in [0.4, 0.5) is 0 Å². The molecule has 2 atom stereocenters. The van der Waals surface area contributed by atoms with Gasteiger partial charge in [0.1, 0.15) is 0 Å². The lowest BCUT2D eigenvalue weighted by molar-refractivity contribution is 0.0818. The summed E-state index contributed by atoms with van der Waals surface area (Å²) in [4.78, 5) is 7.29. The Balaban J connectivity index is 1.42. The topological polar surface area (TPSA) is 48.9 Å². The van der Waals surface area contributed by atoms with Crippen molar-refractivity contribution >= 4 is 0 Å². The van der Waals surface area contributed by atoms with Crippen molar-refractivity contribution in [3.63, 3.8) is 0 Å². The van der Waals surface area contributed by atoms with Crippen LogP contribution in [0.2, 0.25) is 0 Å². The first-order valence-electron chi connectivity index (χ1n) is 8.98. The molecule has 0 amide bonds. The summed E-state index contributed by atoms with van der Waals surface area (Å²) in [5.74, 6) is 2.13. The molecule has 2 aliphatic rings. The Kier molecular flexibility index (Phi) is 5.34. The molecule has 0 bridgehead atoms.